The van der Waals surface area contributed by atoms with Crippen molar-refractivity contribution in [2.45, 2.75) is 25.7 Å². The number of rotatable bonds is 7. The molecule has 64 valence electrons. The van der Waals surface area contributed by atoms with Crippen molar-refractivity contribution in [3.8, 4) is 0 Å². The van der Waals surface area contributed by atoms with E-state index in [9.17, 15) is 4.79 Å². The van der Waals surface area contributed by atoms with E-state index in [1.807, 2.05) is 0 Å². The Labute approximate surface area is 68.2 Å². The zero-order valence-corrected chi connectivity index (χ0v) is 7.14. The molecule has 0 bridgehead atoms. The minimum atomic E-state index is 0.307. The van der Waals surface area contributed by atoms with Gasteiger partial charge in [-0.3, -0.25) is 4.79 Å². The van der Waals surface area contributed by atoms with E-state index >= 15 is 0 Å². The van der Waals surface area contributed by atoms with Crippen molar-refractivity contribution in [2.75, 3.05) is 13.7 Å². The maximum Gasteiger partial charge on any atom is 0.133 e. The van der Waals surface area contributed by atoms with Crippen LogP contribution in [0.2, 0.25) is 0 Å². The summed E-state index contributed by atoms with van der Waals surface area (Å²) in [5, 5.41) is 0. The van der Waals surface area contributed by atoms with E-state index in [1.54, 1.807) is 13.2 Å². The Kier molecular flexibility index (Phi) is 7.05. The van der Waals surface area contributed by atoms with Crippen LogP contribution in [0.25, 0.3) is 0 Å². The average molecular weight is 156 g/mol. The molecule has 11 heavy (non-hydrogen) atoms. The van der Waals surface area contributed by atoms with Crippen molar-refractivity contribution in [3.05, 3.63) is 12.7 Å². The second-order valence-electron chi connectivity index (χ2n) is 2.46. The Balaban J connectivity index is 3.15. The highest BCUT2D eigenvalue weighted by atomic mass is 16.5. The number of ketones is 1. The zero-order chi connectivity index (χ0) is 8.53. The highest BCUT2D eigenvalue weighted by molar-refractivity contribution is 5.78. The third-order valence-corrected chi connectivity index (χ3v) is 1.43. The Morgan fingerprint density at radius 1 is 1.55 bits per heavy atom. The van der Waals surface area contributed by atoms with E-state index in [-0.39, 0.29) is 0 Å². The fraction of sp³-hybridized carbons (Fsp3) is 0.667. The number of hydrogen-bond acceptors (Lipinski definition) is 2. The molecule has 0 spiro atoms. The fourth-order valence-corrected chi connectivity index (χ4v) is 0.802. The van der Waals surface area contributed by atoms with Gasteiger partial charge in [0.1, 0.15) is 5.78 Å². The van der Waals surface area contributed by atoms with Gasteiger partial charge in [0.15, 0.2) is 0 Å². The summed E-state index contributed by atoms with van der Waals surface area (Å²) in [6.07, 6.45) is 4.68. The summed E-state index contributed by atoms with van der Waals surface area (Å²) in [5.41, 5.74) is 0. The molecule has 0 aromatic rings. The lowest BCUT2D eigenvalue weighted by atomic mass is 10.1. The van der Waals surface area contributed by atoms with Crippen LogP contribution in [-0.4, -0.2) is 19.5 Å². The average Bonchev–Trinajstić information content (AvgIpc) is 2.01. The summed E-state index contributed by atoms with van der Waals surface area (Å²) in [6.45, 7) is 4.23. The predicted molar refractivity (Wildman–Crippen MR) is 45.5 cm³/mol. The van der Waals surface area contributed by atoms with Gasteiger partial charge in [0.05, 0.1) is 0 Å². The molecule has 0 aliphatic rings. The zero-order valence-electron chi connectivity index (χ0n) is 7.14. The molecular weight excluding hydrogens is 140 g/mol. The molecule has 0 atom stereocenters. The number of carbonyl (C=O) groups is 1. The Bertz CT molecular complexity index is 119. The lowest BCUT2D eigenvalue weighted by molar-refractivity contribution is -0.119. The van der Waals surface area contributed by atoms with Crippen LogP contribution >= 0.6 is 0 Å². The monoisotopic (exact) mass is 156 g/mol. The molecule has 0 aromatic heterocycles. The maximum atomic E-state index is 11.0. The van der Waals surface area contributed by atoms with E-state index in [4.69, 9.17) is 4.74 Å². The van der Waals surface area contributed by atoms with Crippen LogP contribution < -0.4 is 0 Å². The Hall–Kier alpha value is -0.630. The molecule has 2 nitrogen and oxygen atoms in total. The number of allylic oxidation sites excluding steroid dienone is 1. The number of carbonyl (C=O) groups excluding carboxylic acids is 1. The molecule has 0 aliphatic heterocycles. The molecule has 0 amide bonds. The predicted octanol–water partition coefficient (Wildman–Crippen LogP) is 1.95. The first-order chi connectivity index (χ1) is 5.31. The molecule has 0 aromatic carbocycles. The van der Waals surface area contributed by atoms with Crippen molar-refractivity contribution in [1.82, 2.24) is 0 Å². The molecule has 0 N–H and O–H groups in total. The van der Waals surface area contributed by atoms with Crippen molar-refractivity contribution in [1.29, 1.82) is 0 Å². The minimum absolute atomic E-state index is 0.307. The summed E-state index contributed by atoms with van der Waals surface area (Å²) in [5.74, 6) is 0.307. The van der Waals surface area contributed by atoms with Gasteiger partial charge in [-0.05, 0) is 12.8 Å². The SMILES string of the molecule is C=CCCC(=O)CCCOC. The quantitative estimate of drug-likeness (QED) is 0.416. The number of ether oxygens (including phenoxy) is 1. The van der Waals surface area contributed by atoms with Crippen LogP contribution in [0, 0.1) is 0 Å². The third-order valence-electron chi connectivity index (χ3n) is 1.43. The van der Waals surface area contributed by atoms with Gasteiger partial charge in [-0.2, -0.15) is 0 Å². The molecule has 0 saturated heterocycles. The maximum absolute atomic E-state index is 11.0. The van der Waals surface area contributed by atoms with Gasteiger partial charge in [0.25, 0.3) is 0 Å². The van der Waals surface area contributed by atoms with E-state index in [1.165, 1.54) is 0 Å². The Morgan fingerprint density at radius 2 is 2.27 bits per heavy atom. The normalized spacial score (nSPS) is 9.55. The van der Waals surface area contributed by atoms with Crippen LogP contribution in [0.15, 0.2) is 12.7 Å². The standard InChI is InChI=1S/C9H16O2/c1-3-4-6-9(10)7-5-8-11-2/h3H,1,4-8H2,2H3. The first-order valence-corrected chi connectivity index (χ1v) is 3.92. The first kappa shape index (κ1) is 10.4. The molecule has 0 unspecified atom stereocenters. The van der Waals surface area contributed by atoms with E-state index in [0.717, 1.165) is 12.8 Å². The van der Waals surface area contributed by atoms with Gasteiger partial charge in [0.2, 0.25) is 0 Å². The Morgan fingerprint density at radius 3 is 2.82 bits per heavy atom. The lowest BCUT2D eigenvalue weighted by Crippen LogP contribution is -1.99. The van der Waals surface area contributed by atoms with Crippen molar-refractivity contribution in [3.63, 3.8) is 0 Å². The third kappa shape index (κ3) is 7.26. The van der Waals surface area contributed by atoms with E-state index in [0.29, 0.717) is 25.2 Å². The molecule has 2 heteroatoms. The van der Waals surface area contributed by atoms with E-state index in [2.05, 4.69) is 6.58 Å². The van der Waals surface area contributed by atoms with Crippen molar-refractivity contribution >= 4 is 5.78 Å². The van der Waals surface area contributed by atoms with Crippen LogP contribution in [-0.2, 0) is 9.53 Å². The van der Waals surface area contributed by atoms with Crippen LogP contribution in [0.5, 0.6) is 0 Å². The molecule has 0 fully saturated rings. The van der Waals surface area contributed by atoms with Crippen LogP contribution in [0.4, 0.5) is 0 Å². The molecule has 0 aliphatic carbocycles. The molecular formula is C9H16O2. The first-order valence-electron chi connectivity index (χ1n) is 3.92. The van der Waals surface area contributed by atoms with Gasteiger partial charge in [-0.1, -0.05) is 6.08 Å². The highest BCUT2D eigenvalue weighted by Gasteiger charge is 1.98. The lowest BCUT2D eigenvalue weighted by Gasteiger charge is -1.97. The van der Waals surface area contributed by atoms with E-state index < -0.39 is 0 Å². The number of hydrogen-bond donors (Lipinski definition) is 0. The summed E-state index contributed by atoms with van der Waals surface area (Å²) in [6, 6.07) is 0. The van der Waals surface area contributed by atoms with Gasteiger partial charge in [-0.15, -0.1) is 6.58 Å². The van der Waals surface area contributed by atoms with Crippen LogP contribution in [0.3, 0.4) is 0 Å². The molecule has 0 heterocycles. The minimum Gasteiger partial charge on any atom is -0.385 e. The molecule has 0 rings (SSSR count). The van der Waals surface area contributed by atoms with Crippen molar-refractivity contribution < 1.29 is 9.53 Å². The van der Waals surface area contributed by atoms with Gasteiger partial charge >= 0.3 is 0 Å². The van der Waals surface area contributed by atoms with Crippen molar-refractivity contribution in [2.24, 2.45) is 0 Å². The topological polar surface area (TPSA) is 26.3 Å². The van der Waals surface area contributed by atoms with Gasteiger partial charge in [0, 0.05) is 26.6 Å². The van der Waals surface area contributed by atoms with Crippen LogP contribution in [0.1, 0.15) is 25.7 Å². The summed E-state index contributed by atoms with van der Waals surface area (Å²) >= 11 is 0. The number of methoxy groups -OCH3 is 1. The number of Topliss-reactive ketones (excluding diaryl/α,β-unsaturated/α-hetero) is 1. The summed E-state index contributed by atoms with van der Waals surface area (Å²) in [7, 11) is 1.65. The summed E-state index contributed by atoms with van der Waals surface area (Å²) < 4.78 is 4.82. The molecule has 0 saturated carbocycles. The van der Waals surface area contributed by atoms with Gasteiger partial charge in [-0.25, -0.2) is 0 Å². The smallest absolute Gasteiger partial charge is 0.133 e. The second kappa shape index (κ2) is 7.48. The summed E-state index contributed by atoms with van der Waals surface area (Å²) in [4.78, 5) is 11.0. The fourth-order valence-electron chi connectivity index (χ4n) is 0.802. The van der Waals surface area contributed by atoms with Gasteiger partial charge < -0.3 is 4.74 Å². The largest absolute Gasteiger partial charge is 0.385 e. The molecule has 0 radical (unpaired) electrons. The highest BCUT2D eigenvalue weighted by Crippen LogP contribution is 1.98. The second-order valence-corrected chi connectivity index (χ2v) is 2.46.